The zero-order chi connectivity index (χ0) is 16.4. The van der Waals surface area contributed by atoms with E-state index in [1.54, 1.807) is 7.11 Å². The Kier molecular flexibility index (Phi) is 8.30. The first-order valence-corrected chi connectivity index (χ1v) is 9.01. The second kappa shape index (κ2) is 10.2. The predicted octanol–water partition coefficient (Wildman–Crippen LogP) is 0.621. The third kappa shape index (κ3) is 6.75. The summed E-state index contributed by atoms with van der Waals surface area (Å²) in [7, 11) is 1.67. The minimum Gasteiger partial charge on any atom is -0.383 e. The van der Waals surface area contributed by atoms with E-state index < -0.39 is 0 Å². The van der Waals surface area contributed by atoms with Gasteiger partial charge in [-0.25, -0.2) is 0 Å². The first kappa shape index (κ1) is 18.6. The molecule has 1 aliphatic heterocycles. The monoisotopic (exact) mass is 327 g/mol. The lowest BCUT2D eigenvalue weighted by Crippen LogP contribution is -2.50. The smallest absolute Gasteiger partial charge is 0.233 e. The molecular formula is C17H33N3O3. The van der Waals surface area contributed by atoms with Gasteiger partial charge in [-0.15, -0.1) is 0 Å². The molecule has 2 rings (SSSR count). The molecule has 0 atom stereocenters. The van der Waals surface area contributed by atoms with Gasteiger partial charge in [0.15, 0.2) is 0 Å². The number of methoxy groups -OCH3 is 1. The Morgan fingerprint density at radius 1 is 1.22 bits per heavy atom. The summed E-state index contributed by atoms with van der Waals surface area (Å²) >= 11 is 0. The molecule has 1 saturated heterocycles. The number of hydrogen-bond acceptors (Lipinski definition) is 5. The number of amides is 1. The van der Waals surface area contributed by atoms with Crippen LogP contribution in [-0.2, 0) is 14.3 Å². The Morgan fingerprint density at radius 3 is 2.65 bits per heavy atom. The summed E-state index contributed by atoms with van der Waals surface area (Å²) in [6.07, 6.45) is 6.35. The van der Waals surface area contributed by atoms with Gasteiger partial charge in [-0.05, 0) is 12.8 Å². The maximum absolute atomic E-state index is 12.0. The van der Waals surface area contributed by atoms with E-state index in [2.05, 4.69) is 15.5 Å². The van der Waals surface area contributed by atoms with E-state index in [1.807, 2.05) is 0 Å². The molecule has 1 heterocycles. The van der Waals surface area contributed by atoms with Crippen LogP contribution in [0.1, 0.15) is 32.1 Å². The predicted molar refractivity (Wildman–Crippen MR) is 90.5 cm³/mol. The van der Waals surface area contributed by atoms with E-state index in [9.17, 15) is 4.79 Å². The summed E-state index contributed by atoms with van der Waals surface area (Å²) in [4.78, 5) is 14.5. The fraction of sp³-hybridized carbons (Fsp3) is 0.941. The van der Waals surface area contributed by atoms with Crippen molar-refractivity contribution in [2.24, 2.45) is 5.41 Å². The van der Waals surface area contributed by atoms with Crippen molar-refractivity contribution in [1.82, 2.24) is 15.5 Å². The van der Waals surface area contributed by atoms with Gasteiger partial charge >= 0.3 is 0 Å². The molecule has 6 heteroatoms. The highest BCUT2D eigenvalue weighted by Crippen LogP contribution is 2.36. The van der Waals surface area contributed by atoms with Gasteiger partial charge in [0.2, 0.25) is 5.91 Å². The molecule has 0 unspecified atom stereocenters. The van der Waals surface area contributed by atoms with Crippen molar-refractivity contribution >= 4 is 5.91 Å². The van der Waals surface area contributed by atoms with Crippen LogP contribution in [0.15, 0.2) is 0 Å². The highest BCUT2D eigenvalue weighted by atomic mass is 16.5. The molecule has 134 valence electrons. The van der Waals surface area contributed by atoms with Crippen molar-refractivity contribution in [3.63, 3.8) is 0 Å². The molecule has 0 bridgehead atoms. The fourth-order valence-corrected chi connectivity index (χ4v) is 3.65. The molecule has 23 heavy (non-hydrogen) atoms. The van der Waals surface area contributed by atoms with Crippen molar-refractivity contribution in [1.29, 1.82) is 0 Å². The van der Waals surface area contributed by atoms with Crippen LogP contribution in [0.25, 0.3) is 0 Å². The third-order valence-electron chi connectivity index (χ3n) is 5.01. The second-order valence-electron chi connectivity index (χ2n) is 6.90. The van der Waals surface area contributed by atoms with E-state index in [1.165, 1.54) is 32.1 Å². The lowest BCUT2D eigenvalue weighted by Gasteiger charge is -2.42. The zero-order valence-electron chi connectivity index (χ0n) is 14.6. The Morgan fingerprint density at radius 2 is 1.96 bits per heavy atom. The third-order valence-corrected chi connectivity index (χ3v) is 5.01. The summed E-state index contributed by atoms with van der Waals surface area (Å²) in [6, 6.07) is 0. The maximum atomic E-state index is 12.0. The molecular weight excluding hydrogens is 294 g/mol. The van der Waals surface area contributed by atoms with Crippen molar-refractivity contribution in [2.75, 3.05) is 66.2 Å². The summed E-state index contributed by atoms with van der Waals surface area (Å²) in [5.74, 6) is 0.0908. The van der Waals surface area contributed by atoms with Crippen LogP contribution in [0.4, 0.5) is 0 Å². The molecule has 0 aromatic heterocycles. The lowest BCUT2D eigenvalue weighted by atomic mass is 9.73. The van der Waals surface area contributed by atoms with E-state index in [-0.39, 0.29) is 11.3 Å². The number of hydrogen-bond donors (Lipinski definition) is 2. The molecule has 1 aliphatic carbocycles. The molecule has 2 aliphatic rings. The minimum atomic E-state index is 0.0908. The number of rotatable bonds is 9. The SMILES string of the molecule is COCCNCC(=O)NCC1(CN2CCOCC2)CCCCC1. The molecule has 0 radical (unpaired) electrons. The molecule has 2 fully saturated rings. The molecule has 0 aromatic rings. The van der Waals surface area contributed by atoms with Gasteiger partial charge in [0.25, 0.3) is 0 Å². The van der Waals surface area contributed by atoms with Gasteiger partial charge in [0, 0.05) is 45.2 Å². The van der Waals surface area contributed by atoms with Crippen LogP contribution in [0.5, 0.6) is 0 Å². The number of carbonyl (C=O) groups is 1. The molecule has 1 amide bonds. The van der Waals surface area contributed by atoms with Gasteiger partial charge in [-0.2, -0.15) is 0 Å². The second-order valence-corrected chi connectivity index (χ2v) is 6.90. The van der Waals surface area contributed by atoms with Gasteiger partial charge < -0.3 is 20.1 Å². The van der Waals surface area contributed by atoms with E-state index >= 15 is 0 Å². The van der Waals surface area contributed by atoms with E-state index in [4.69, 9.17) is 9.47 Å². The van der Waals surface area contributed by atoms with Crippen LogP contribution in [-0.4, -0.2) is 77.0 Å². The maximum Gasteiger partial charge on any atom is 0.233 e. The molecule has 1 saturated carbocycles. The van der Waals surface area contributed by atoms with Crippen molar-refractivity contribution < 1.29 is 14.3 Å². The standard InChI is InChI=1S/C17H33N3O3/c1-22-10-7-18-13-16(21)19-14-17(5-3-2-4-6-17)15-20-8-11-23-12-9-20/h18H,2-15H2,1H3,(H,19,21). The molecule has 0 aromatic carbocycles. The first-order chi connectivity index (χ1) is 11.2. The zero-order valence-corrected chi connectivity index (χ0v) is 14.6. The number of nitrogens with zero attached hydrogens (tertiary/aromatic N) is 1. The van der Waals surface area contributed by atoms with Crippen molar-refractivity contribution in [3.8, 4) is 0 Å². The Hall–Kier alpha value is -0.690. The van der Waals surface area contributed by atoms with Crippen LogP contribution in [0, 0.1) is 5.41 Å². The Bertz CT molecular complexity index is 340. The topological polar surface area (TPSA) is 62.8 Å². The highest BCUT2D eigenvalue weighted by molar-refractivity contribution is 5.78. The quantitative estimate of drug-likeness (QED) is 0.608. The van der Waals surface area contributed by atoms with E-state index in [0.717, 1.165) is 39.4 Å². The molecule has 6 nitrogen and oxygen atoms in total. The van der Waals surface area contributed by atoms with Crippen LogP contribution in [0.3, 0.4) is 0 Å². The lowest BCUT2D eigenvalue weighted by molar-refractivity contribution is -0.121. The minimum absolute atomic E-state index is 0.0908. The Labute approximate surface area is 140 Å². The average Bonchev–Trinajstić information content (AvgIpc) is 2.59. The number of nitrogens with one attached hydrogen (secondary N) is 2. The van der Waals surface area contributed by atoms with E-state index in [0.29, 0.717) is 19.7 Å². The average molecular weight is 327 g/mol. The van der Waals surface area contributed by atoms with Crippen molar-refractivity contribution in [2.45, 2.75) is 32.1 Å². The summed E-state index contributed by atoms with van der Waals surface area (Å²) in [5, 5.41) is 6.26. The summed E-state index contributed by atoms with van der Waals surface area (Å²) in [6.45, 7) is 7.33. The summed E-state index contributed by atoms with van der Waals surface area (Å²) in [5.41, 5.74) is 0.248. The van der Waals surface area contributed by atoms with Gasteiger partial charge in [-0.1, -0.05) is 19.3 Å². The van der Waals surface area contributed by atoms with Gasteiger partial charge in [0.05, 0.1) is 26.4 Å². The molecule has 2 N–H and O–H groups in total. The molecule has 0 spiro atoms. The van der Waals surface area contributed by atoms with Crippen LogP contribution >= 0.6 is 0 Å². The van der Waals surface area contributed by atoms with Crippen LogP contribution < -0.4 is 10.6 Å². The van der Waals surface area contributed by atoms with Crippen molar-refractivity contribution in [3.05, 3.63) is 0 Å². The van der Waals surface area contributed by atoms with Crippen LogP contribution in [0.2, 0.25) is 0 Å². The number of ether oxygens (including phenoxy) is 2. The first-order valence-electron chi connectivity index (χ1n) is 9.01. The number of carbonyl (C=O) groups excluding carboxylic acids is 1. The number of morpholine rings is 1. The van der Waals surface area contributed by atoms with Gasteiger partial charge in [0.1, 0.15) is 0 Å². The summed E-state index contributed by atoms with van der Waals surface area (Å²) < 4.78 is 10.4. The fourth-order valence-electron chi connectivity index (χ4n) is 3.65. The van der Waals surface area contributed by atoms with Gasteiger partial charge in [-0.3, -0.25) is 9.69 Å². The largest absolute Gasteiger partial charge is 0.383 e. The normalized spacial score (nSPS) is 22.0. The highest BCUT2D eigenvalue weighted by Gasteiger charge is 2.34. The Balaban J connectivity index is 1.76.